The number of hydrogen-bond acceptors (Lipinski definition) is 5. The van der Waals surface area contributed by atoms with Crippen LogP contribution >= 0.6 is 11.3 Å². The summed E-state index contributed by atoms with van der Waals surface area (Å²) in [6.45, 7) is 5.21. The number of aromatic nitrogens is 2. The fraction of sp³-hybridized carbons (Fsp3) is 0.273. The molecule has 0 saturated heterocycles. The quantitative estimate of drug-likeness (QED) is 0.321. The standard InChI is InChI=1S/C22H25N5O2S/c1-16(2)29-20-7-5-17(6-8-20)25-21(23-10-9-19-4-3-12-28-19)24-14-18-15-27-11-13-30-22(27)26-18/h3-8,11-13,15-16H,9-10,14H2,1-2H3,(H2,23,24,25). The van der Waals surface area contributed by atoms with Crippen LogP contribution < -0.4 is 15.4 Å². The van der Waals surface area contributed by atoms with Crippen molar-refractivity contribution in [1.29, 1.82) is 0 Å². The number of thiazole rings is 1. The van der Waals surface area contributed by atoms with Gasteiger partial charge in [-0.3, -0.25) is 4.40 Å². The van der Waals surface area contributed by atoms with E-state index in [2.05, 4.69) is 15.6 Å². The Kier molecular flexibility index (Phi) is 6.34. The highest BCUT2D eigenvalue weighted by atomic mass is 32.1. The summed E-state index contributed by atoms with van der Waals surface area (Å²) in [4.78, 5) is 10.3. The molecule has 0 fully saturated rings. The molecule has 0 aliphatic heterocycles. The van der Waals surface area contributed by atoms with Crippen LogP contribution in [0.1, 0.15) is 25.3 Å². The van der Waals surface area contributed by atoms with Gasteiger partial charge in [-0.2, -0.15) is 0 Å². The third-order valence-corrected chi connectivity index (χ3v) is 5.05. The van der Waals surface area contributed by atoms with E-state index < -0.39 is 0 Å². The summed E-state index contributed by atoms with van der Waals surface area (Å²) >= 11 is 1.61. The van der Waals surface area contributed by atoms with Crippen LogP contribution in [0.25, 0.3) is 4.96 Å². The van der Waals surface area contributed by atoms with E-state index >= 15 is 0 Å². The second-order valence-electron chi connectivity index (χ2n) is 7.06. The topological polar surface area (TPSA) is 76.1 Å². The fourth-order valence-electron chi connectivity index (χ4n) is 2.94. The van der Waals surface area contributed by atoms with Crippen LogP contribution in [-0.2, 0) is 13.0 Å². The molecule has 0 aliphatic carbocycles. The molecule has 0 bridgehead atoms. The number of anilines is 1. The maximum Gasteiger partial charge on any atom is 0.196 e. The Bertz CT molecular complexity index is 1050. The number of nitrogens with one attached hydrogen (secondary N) is 2. The molecule has 4 aromatic rings. The van der Waals surface area contributed by atoms with Gasteiger partial charge in [-0.1, -0.05) is 0 Å². The lowest BCUT2D eigenvalue weighted by atomic mass is 10.3. The van der Waals surface area contributed by atoms with Crippen LogP contribution in [0.2, 0.25) is 0 Å². The zero-order valence-corrected chi connectivity index (χ0v) is 17.9. The van der Waals surface area contributed by atoms with Gasteiger partial charge in [0.2, 0.25) is 0 Å². The molecular weight excluding hydrogens is 398 g/mol. The van der Waals surface area contributed by atoms with Gasteiger partial charge in [-0.05, 0) is 50.2 Å². The van der Waals surface area contributed by atoms with E-state index in [1.807, 2.05) is 72.4 Å². The van der Waals surface area contributed by atoms with Gasteiger partial charge in [-0.15, -0.1) is 11.3 Å². The van der Waals surface area contributed by atoms with Crippen LogP contribution in [0.4, 0.5) is 5.69 Å². The molecule has 1 aromatic carbocycles. The molecule has 0 radical (unpaired) electrons. The Balaban J connectivity index is 1.43. The Morgan fingerprint density at radius 3 is 2.87 bits per heavy atom. The van der Waals surface area contributed by atoms with Crippen molar-refractivity contribution in [1.82, 2.24) is 14.7 Å². The molecular formula is C22H25N5O2S. The summed E-state index contributed by atoms with van der Waals surface area (Å²) in [5.41, 5.74) is 1.86. The van der Waals surface area contributed by atoms with Crippen LogP contribution in [0.15, 0.2) is 69.8 Å². The smallest absolute Gasteiger partial charge is 0.196 e. The normalized spacial score (nSPS) is 11.9. The zero-order valence-electron chi connectivity index (χ0n) is 17.0. The molecule has 0 saturated carbocycles. The first-order valence-corrected chi connectivity index (χ1v) is 10.8. The Morgan fingerprint density at radius 1 is 1.27 bits per heavy atom. The van der Waals surface area contributed by atoms with E-state index in [1.54, 1.807) is 17.6 Å². The lowest BCUT2D eigenvalue weighted by Crippen LogP contribution is -2.32. The molecule has 0 atom stereocenters. The summed E-state index contributed by atoms with van der Waals surface area (Å²) in [6.07, 6.45) is 6.62. The molecule has 0 spiro atoms. The van der Waals surface area contributed by atoms with Crippen molar-refractivity contribution in [3.63, 3.8) is 0 Å². The summed E-state index contributed by atoms with van der Waals surface area (Å²) in [6, 6.07) is 11.7. The number of guanidine groups is 1. The van der Waals surface area contributed by atoms with Crippen LogP contribution in [0.5, 0.6) is 5.75 Å². The third-order valence-electron chi connectivity index (χ3n) is 4.28. The third kappa shape index (κ3) is 5.42. The average Bonchev–Trinajstić information content (AvgIpc) is 3.45. The molecule has 30 heavy (non-hydrogen) atoms. The number of hydrogen-bond donors (Lipinski definition) is 2. The van der Waals surface area contributed by atoms with Gasteiger partial charge in [0.25, 0.3) is 0 Å². The molecule has 3 aromatic heterocycles. The van der Waals surface area contributed by atoms with Crippen molar-refractivity contribution >= 4 is 27.9 Å². The van der Waals surface area contributed by atoms with Crippen molar-refractivity contribution in [2.24, 2.45) is 4.99 Å². The van der Waals surface area contributed by atoms with Crippen molar-refractivity contribution < 1.29 is 9.15 Å². The van der Waals surface area contributed by atoms with E-state index in [4.69, 9.17) is 14.1 Å². The highest BCUT2D eigenvalue weighted by Crippen LogP contribution is 2.17. The van der Waals surface area contributed by atoms with Gasteiger partial charge < -0.3 is 19.8 Å². The average molecular weight is 424 g/mol. The molecule has 156 valence electrons. The summed E-state index contributed by atoms with van der Waals surface area (Å²) in [5.74, 6) is 2.47. The number of benzene rings is 1. The molecule has 3 heterocycles. The first-order valence-electron chi connectivity index (χ1n) is 9.91. The molecule has 4 rings (SSSR count). The number of fused-ring (bicyclic) bond motifs is 1. The maximum absolute atomic E-state index is 5.71. The van der Waals surface area contributed by atoms with Crippen LogP contribution in [0.3, 0.4) is 0 Å². The Morgan fingerprint density at radius 2 is 2.13 bits per heavy atom. The highest BCUT2D eigenvalue weighted by molar-refractivity contribution is 7.15. The van der Waals surface area contributed by atoms with Crippen molar-refractivity contribution in [3.05, 3.63) is 71.9 Å². The number of ether oxygens (including phenoxy) is 1. The van der Waals surface area contributed by atoms with E-state index in [0.29, 0.717) is 19.0 Å². The first-order chi connectivity index (χ1) is 14.7. The molecule has 7 nitrogen and oxygen atoms in total. The van der Waals surface area contributed by atoms with Gasteiger partial charge in [0.05, 0.1) is 24.6 Å². The predicted molar refractivity (Wildman–Crippen MR) is 120 cm³/mol. The second kappa shape index (κ2) is 9.49. The largest absolute Gasteiger partial charge is 0.491 e. The second-order valence-corrected chi connectivity index (χ2v) is 7.94. The summed E-state index contributed by atoms with van der Waals surface area (Å²) in [5, 5.41) is 8.74. The van der Waals surface area contributed by atoms with Gasteiger partial charge in [0, 0.05) is 36.4 Å². The maximum atomic E-state index is 5.71. The minimum absolute atomic E-state index is 0.147. The highest BCUT2D eigenvalue weighted by Gasteiger charge is 2.06. The van der Waals surface area contributed by atoms with E-state index in [9.17, 15) is 0 Å². The lowest BCUT2D eigenvalue weighted by Gasteiger charge is -2.14. The molecule has 0 amide bonds. The van der Waals surface area contributed by atoms with Crippen molar-refractivity contribution in [3.8, 4) is 5.75 Å². The minimum Gasteiger partial charge on any atom is -0.491 e. The zero-order chi connectivity index (χ0) is 20.8. The summed E-state index contributed by atoms with van der Waals surface area (Å²) < 4.78 is 13.1. The predicted octanol–water partition coefficient (Wildman–Crippen LogP) is 4.58. The van der Waals surface area contributed by atoms with Gasteiger partial charge in [0.15, 0.2) is 10.9 Å². The van der Waals surface area contributed by atoms with Gasteiger partial charge in [0.1, 0.15) is 11.5 Å². The lowest BCUT2D eigenvalue weighted by molar-refractivity contribution is 0.242. The number of imidazole rings is 1. The SMILES string of the molecule is CC(C)Oc1ccc(NC(=NCc2cn3ccsc3n2)NCCc2ccco2)cc1. The molecule has 8 heteroatoms. The van der Waals surface area contributed by atoms with E-state index in [1.165, 1.54) is 0 Å². The monoisotopic (exact) mass is 423 g/mol. The van der Waals surface area contributed by atoms with E-state index in [-0.39, 0.29) is 6.10 Å². The van der Waals surface area contributed by atoms with Crippen molar-refractivity contribution in [2.75, 3.05) is 11.9 Å². The number of aliphatic imine (C=N–C) groups is 1. The molecule has 0 unspecified atom stereocenters. The first kappa shape index (κ1) is 20.0. The molecule has 0 aliphatic rings. The van der Waals surface area contributed by atoms with Crippen LogP contribution in [-0.4, -0.2) is 28.0 Å². The fourth-order valence-corrected chi connectivity index (χ4v) is 3.66. The molecule has 2 N–H and O–H groups in total. The van der Waals surface area contributed by atoms with Crippen molar-refractivity contribution in [2.45, 2.75) is 32.9 Å². The Hall–Kier alpha value is -3.26. The minimum atomic E-state index is 0.147. The van der Waals surface area contributed by atoms with Gasteiger partial charge >= 0.3 is 0 Å². The number of nitrogens with zero attached hydrogens (tertiary/aromatic N) is 3. The number of rotatable bonds is 8. The van der Waals surface area contributed by atoms with E-state index in [0.717, 1.165) is 34.3 Å². The van der Waals surface area contributed by atoms with Crippen LogP contribution in [0, 0.1) is 0 Å². The number of furan rings is 1. The van der Waals surface area contributed by atoms with Gasteiger partial charge in [-0.25, -0.2) is 9.98 Å². The summed E-state index contributed by atoms with van der Waals surface area (Å²) in [7, 11) is 0. The Labute approximate surface area is 179 Å².